The molecule has 0 aliphatic rings. The molecule has 0 fully saturated rings. The van der Waals surface area contributed by atoms with Crippen LogP contribution in [0.5, 0.6) is 5.75 Å². The minimum Gasteiger partial charge on any atom is -0.489 e. The Labute approximate surface area is 213 Å². The van der Waals surface area contributed by atoms with E-state index < -0.39 is 0 Å². The maximum atomic E-state index is 6.09. The summed E-state index contributed by atoms with van der Waals surface area (Å²) in [6.45, 7) is 4.34. The minimum absolute atomic E-state index is 0.525. The van der Waals surface area contributed by atoms with Crippen molar-refractivity contribution >= 4 is 17.2 Å². The summed E-state index contributed by atoms with van der Waals surface area (Å²) in [4.78, 5) is 0. The molecule has 0 bridgehead atoms. The molecule has 5 aromatic rings. The van der Waals surface area contributed by atoms with E-state index in [1.807, 2.05) is 6.08 Å². The molecule has 5 rings (SSSR count). The van der Waals surface area contributed by atoms with Crippen LogP contribution in [0.2, 0.25) is 0 Å². The first kappa shape index (κ1) is 23.1. The summed E-state index contributed by atoms with van der Waals surface area (Å²) in [7, 11) is 0. The van der Waals surface area contributed by atoms with Crippen molar-refractivity contribution in [2.45, 2.75) is 6.61 Å². The Kier molecular flexibility index (Phi) is 7.20. The minimum atomic E-state index is 0.525. The normalized spacial score (nSPS) is 10.4. The van der Waals surface area contributed by atoms with Gasteiger partial charge in [-0.05, 0) is 56.7 Å². The van der Waals surface area contributed by atoms with Gasteiger partial charge < -0.3 is 4.74 Å². The molecule has 0 spiro atoms. The Balaban J connectivity index is 1.55. The summed E-state index contributed by atoms with van der Waals surface area (Å²) < 4.78 is 6.09. The average molecular weight is 465 g/mol. The summed E-state index contributed by atoms with van der Waals surface area (Å²) in [6, 6.07) is 48.5. The van der Waals surface area contributed by atoms with Crippen LogP contribution in [0, 0.1) is 0 Å². The fourth-order valence-corrected chi connectivity index (χ4v) is 4.36. The molecule has 0 aliphatic heterocycles. The predicted octanol–water partition coefficient (Wildman–Crippen LogP) is 8.92. The lowest BCUT2D eigenvalue weighted by atomic mass is 9.86. The summed E-state index contributed by atoms with van der Waals surface area (Å²) in [5.41, 5.74) is 9.33. The van der Waals surface area contributed by atoms with Crippen LogP contribution < -0.4 is 4.74 Å². The van der Waals surface area contributed by atoms with Gasteiger partial charge in [-0.2, -0.15) is 0 Å². The van der Waals surface area contributed by atoms with Crippen molar-refractivity contribution in [3.05, 3.63) is 179 Å². The molecule has 0 saturated carbocycles. The van der Waals surface area contributed by atoms with Crippen LogP contribution >= 0.6 is 0 Å². The SMILES string of the molecule is C=Cc1ccc(COc2ccc(C(=C(c3ccccc3)c3ccccc3)c3ccccc3)cc2)cc1. The Morgan fingerprint density at radius 3 is 1.33 bits per heavy atom. The first-order chi connectivity index (χ1) is 17.8. The lowest BCUT2D eigenvalue weighted by Crippen LogP contribution is -1.98. The lowest BCUT2D eigenvalue weighted by molar-refractivity contribution is 0.306. The van der Waals surface area contributed by atoms with Crippen LogP contribution in [0.4, 0.5) is 0 Å². The largest absolute Gasteiger partial charge is 0.489 e. The third-order valence-electron chi connectivity index (χ3n) is 6.20. The summed E-state index contributed by atoms with van der Waals surface area (Å²) >= 11 is 0. The van der Waals surface area contributed by atoms with E-state index >= 15 is 0 Å². The quantitative estimate of drug-likeness (QED) is 0.208. The van der Waals surface area contributed by atoms with Crippen LogP contribution in [0.1, 0.15) is 33.4 Å². The highest BCUT2D eigenvalue weighted by molar-refractivity contribution is 6.04. The van der Waals surface area contributed by atoms with Gasteiger partial charge in [0, 0.05) is 0 Å². The molecule has 1 nitrogen and oxygen atoms in total. The number of ether oxygens (including phenoxy) is 1. The topological polar surface area (TPSA) is 9.23 Å². The van der Waals surface area contributed by atoms with Gasteiger partial charge in [-0.25, -0.2) is 0 Å². The monoisotopic (exact) mass is 464 g/mol. The lowest BCUT2D eigenvalue weighted by Gasteiger charge is -2.18. The third-order valence-corrected chi connectivity index (χ3v) is 6.20. The van der Waals surface area contributed by atoms with Crippen LogP contribution in [0.15, 0.2) is 146 Å². The van der Waals surface area contributed by atoms with E-state index in [4.69, 9.17) is 4.74 Å². The fourth-order valence-electron chi connectivity index (χ4n) is 4.36. The van der Waals surface area contributed by atoms with Crippen molar-refractivity contribution in [3.63, 3.8) is 0 Å². The zero-order valence-corrected chi connectivity index (χ0v) is 20.2. The second kappa shape index (κ2) is 11.2. The Bertz CT molecular complexity index is 1390. The number of rotatable bonds is 8. The van der Waals surface area contributed by atoms with E-state index in [1.54, 1.807) is 0 Å². The molecule has 0 amide bonds. The van der Waals surface area contributed by atoms with Crippen molar-refractivity contribution in [3.8, 4) is 5.75 Å². The highest BCUT2D eigenvalue weighted by Gasteiger charge is 2.16. The summed E-state index contributed by atoms with van der Waals surface area (Å²) in [5, 5.41) is 0. The van der Waals surface area contributed by atoms with Gasteiger partial charge in [0.25, 0.3) is 0 Å². The molecule has 0 radical (unpaired) electrons. The Morgan fingerprint density at radius 2 is 0.917 bits per heavy atom. The number of hydrogen-bond donors (Lipinski definition) is 0. The average Bonchev–Trinajstić information content (AvgIpc) is 2.97. The van der Waals surface area contributed by atoms with Crippen LogP contribution in [0.3, 0.4) is 0 Å². The second-order valence-electron chi connectivity index (χ2n) is 8.61. The smallest absolute Gasteiger partial charge is 0.119 e. The van der Waals surface area contributed by atoms with E-state index in [1.165, 1.54) is 27.8 Å². The van der Waals surface area contributed by atoms with Gasteiger partial charge in [0.2, 0.25) is 0 Å². The zero-order valence-electron chi connectivity index (χ0n) is 20.2. The van der Waals surface area contributed by atoms with E-state index in [2.05, 4.69) is 146 Å². The standard InChI is InChI=1S/C35H28O/c1-2-27-18-20-28(21-19-27)26-36-33-24-22-32(23-25-33)35(31-16-10-5-11-17-31)34(29-12-6-3-7-13-29)30-14-8-4-9-15-30/h2-25H,1,26H2. The van der Waals surface area contributed by atoms with Crippen molar-refractivity contribution in [1.29, 1.82) is 0 Å². The molecule has 36 heavy (non-hydrogen) atoms. The first-order valence-electron chi connectivity index (χ1n) is 12.2. The zero-order chi connectivity index (χ0) is 24.6. The Morgan fingerprint density at radius 1 is 0.500 bits per heavy atom. The molecular formula is C35H28O. The van der Waals surface area contributed by atoms with Gasteiger partial charge in [0.05, 0.1) is 0 Å². The van der Waals surface area contributed by atoms with Crippen molar-refractivity contribution in [1.82, 2.24) is 0 Å². The second-order valence-corrected chi connectivity index (χ2v) is 8.61. The molecule has 0 unspecified atom stereocenters. The van der Waals surface area contributed by atoms with E-state index in [-0.39, 0.29) is 0 Å². The molecule has 1 heteroatoms. The van der Waals surface area contributed by atoms with Gasteiger partial charge >= 0.3 is 0 Å². The molecule has 0 saturated heterocycles. The summed E-state index contributed by atoms with van der Waals surface area (Å²) in [6.07, 6.45) is 1.85. The maximum absolute atomic E-state index is 6.09. The van der Waals surface area contributed by atoms with Gasteiger partial charge in [-0.15, -0.1) is 0 Å². The van der Waals surface area contributed by atoms with Crippen molar-refractivity contribution in [2.24, 2.45) is 0 Å². The molecular weight excluding hydrogens is 436 g/mol. The van der Waals surface area contributed by atoms with E-state index in [9.17, 15) is 0 Å². The summed E-state index contributed by atoms with van der Waals surface area (Å²) in [5.74, 6) is 0.847. The number of hydrogen-bond acceptors (Lipinski definition) is 1. The van der Waals surface area contributed by atoms with Crippen LogP contribution in [0.25, 0.3) is 17.2 Å². The highest BCUT2D eigenvalue weighted by Crippen LogP contribution is 2.37. The maximum Gasteiger partial charge on any atom is 0.119 e. The predicted molar refractivity (Wildman–Crippen MR) is 152 cm³/mol. The van der Waals surface area contributed by atoms with Crippen molar-refractivity contribution < 1.29 is 4.74 Å². The molecule has 0 atom stereocenters. The molecule has 0 heterocycles. The molecule has 0 aromatic heterocycles. The molecule has 5 aromatic carbocycles. The van der Waals surface area contributed by atoms with Gasteiger partial charge in [-0.3, -0.25) is 0 Å². The third kappa shape index (κ3) is 5.37. The fraction of sp³-hybridized carbons (Fsp3) is 0.0286. The highest BCUT2D eigenvalue weighted by atomic mass is 16.5. The van der Waals surface area contributed by atoms with Crippen molar-refractivity contribution in [2.75, 3.05) is 0 Å². The van der Waals surface area contributed by atoms with Crippen LogP contribution in [-0.2, 0) is 6.61 Å². The molecule has 0 aliphatic carbocycles. The first-order valence-corrected chi connectivity index (χ1v) is 12.2. The Hall–Kier alpha value is -4.62. The number of benzene rings is 5. The van der Waals surface area contributed by atoms with Gasteiger partial charge in [-0.1, -0.05) is 140 Å². The van der Waals surface area contributed by atoms with Crippen LogP contribution in [-0.4, -0.2) is 0 Å². The van der Waals surface area contributed by atoms with Gasteiger partial charge in [0.1, 0.15) is 12.4 Å². The van der Waals surface area contributed by atoms with Gasteiger partial charge in [0.15, 0.2) is 0 Å². The molecule has 0 N–H and O–H groups in total. The van der Waals surface area contributed by atoms with E-state index in [0.29, 0.717) is 6.61 Å². The van der Waals surface area contributed by atoms with E-state index in [0.717, 1.165) is 22.4 Å². The molecule has 174 valence electrons.